The Balaban J connectivity index is 0.000000281. The molecule has 1 atom stereocenters. The van der Waals surface area contributed by atoms with Gasteiger partial charge in [0.15, 0.2) is 0 Å². The van der Waals surface area contributed by atoms with E-state index < -0.39 is 46.2 Å². The van der Waals surface area contributed by atoms with E-state index in [2.05, 4.69) is 19.9 Å². The van der Waals surface area contributed by atoms with Crippen LogP contribution in [0.4, 0.5) is 30.3 Å². The molecule has 2 aromatic heterocycles. The zero-order valence-electron chi connectivity index (χ0n) is 37.3. The molecular weight excluding hydrogens is 847 g/mol. The fraction of sp³-hybridized carbons (Fsp3) is 0.500. The topological polar surface area (TPSA) is 204 Å². The quantitative estimate of drug-likeness (QED) is 0.146. The number of halogens is 2. The molecule has 2 amide bonds. The first kappa shape index (κ1) is 51.6. The lowest BCUT2D eigenvalue weighted by Gasteiger charge is -2.36. The number of anilines is 2. The molecular formula is C46H62F2N8O9. The number of nitrogens with zero attached hydrogens (tertiary/aromatic N) is 8. The number of methoxy groups -OCH3 is 1. The number of rotatable bonds is 10. The molecule has 4 heterocycles. The Kier molecular flexibility index (Phi) is 17.3. The van der Waals surface area contributed by atoms with Crippen LogP contribution >= 0.6 is 0 Å². The van der Waals surface area contributed by atoms with Gasteiger partial charge in [0, 0.05) is 88.3 Å². The summed E-state index contributed by atoms with van der Waals surface area (Å²) in [6.45, 7) is 13.6. The first-order valence-corrected chi connectivity index (χ1v) is 20.8. The Hall–Kier alpha value is -6.05. The summed E-state index contributed by atoms with van der Waals surface area (Å²) in [5.41, 5.74) is -2.04. The predicted octanol–water partition coefficient (Wildman–Crippen LogP) is 4.70. The summed E-state index contributed by atoms with van der Waals surface area (Å²) in [5, 5.41) is 30.4. The van der Waals surface area contributed by atoms with E-state index >= 15 is 0 Å². The number of carbonyl (C=O) groups is 3. The van der Waals surface area contributed by atoms with Gasteiger partial charge in [-0.1, -0.05) is 31.7 Å². The van der Waals surface area contributed by atoms with E-state index in [0.29, 0.717) is 86.5 Å². The van der Waals surface area contributed by atoms with E-state index in [1.807, 2.05) is 51.3 Å². The second-order valence-corrected chi connectivity index (χ2v) is 17.4. The Labute approximate surface area is 379 Å². The number of aliphatic hydroxyl groups is 3. The molecule has 65 heavy (non-hydrogen) atoms. The monoisotopic (exact) mass is 908 g/mol. The SMILES string of the molecule is C.CC(C)(C)OC(=O)N1CCN(c2ncc(C(CO)(CO)c3ccc(F)cc3)cn2)CC1.COC(=O)C(CO)(c1ccc(F)cc1)c1cnc(N2CCN(C(=O)OC(C)(C)C)CC2)nc1. The molecule has 354 valence electrons. The average Bonchev–Trinajstić information content (AvgIpc) is 3.28. The highest BCUT2D eigenvalue weighted by molar-refractivity contribution is 5.87. The largest absolute Gasteiger partial charge is 0.468 e. The van der Waals surface area contributed by atoms with Crippen molar-refractivity contribution in [2.75, 3.05) is 89.1 Å². The van der Waals surface area contributed by atoms with Crippen LogP contribution in [0.2, 0.25) is 0 Å². The van der Waals surface area contributed by atoms with Crippen LogP contribution in [0.15, 0.2) is 73.3 Å². The van der Waals surface area contributed by atoms with E-state index in [1.165, 1.54) is 68.0 Å². The second kappa shape index (κ2) is 21.8. The number of carbonyl (C=O) groups excluding carboxylic acids is 3. The third kappa shape index (κ3) is 12.4. The molecule has 17 nitrogen and oxygen atoms in total. The molecule has 0 spiro atoms. The molecule has 19 heteroatoms. The summed E-state index contributed by atoms with van der Waals surface area (Å²) in [6.07, 6.45) is 5.36. The van der Waals surface area contributed by atoms with E-state index in [0.717, 1.165) is 0 Å². The first-order valence-electron chi connectivity index (χ1n) is 20.8. The van der Waals surface area contributed by atoms with Crippen LogP contribution in [-0.4, -0.2) is 154 Å². The van der Waals surface area contributed by atoms with Crippen molar-refractivity contribution in [1.82, 2.24) is 29.7 Å². The van der Waals surface area contributed by atoms with Gasteiger partial charge >= 0.3 is 18.2 Å². The molecule has 2 aromatic carbocycles. The van der Waals surface area contributed by atoms with Gasteiger partial charge < -0.3 is 49.1 Å². The number of ether oxygens (including phenoxy) is 3. The van der Waals surface area contributed by atoms with Crippen molar-refractivity contribution in [3.05, 3.63) is 107 Å². The summed E-state index contributed by atoms with van der Waals surface area (Å²) in [4.78, 5) is 62.0. The molecule has 2 aliphatic heterocycles. The zero-order valence-corrected chi connectivity index (χ0v) is 37.3. The fourth-order valence-electron chi connectivity index (χ4n) is 7.18. The van der Waals surface area contributed by atoms with Gasteiger partial charge in [-0.15, -0.1) is 0 Å². The van der Waals surface area contributed by atoms with E-state index in [9.17, 15) is 38.5 Å². The number of aromatic nitrogens is 4. The minimum atomic E-state index is -1.59. The number of benzene rings is 2. The van der Waals surface area contributed by atoms with Gasteiger partial charge in [0.05, 0.1) is 32.3 Å². The van der Waals surface area contributed by atoms with Crippen molar-refractivity contribution in [2.24, 2.45) is 0 Å². The van der Waals surface area contributed by atoms with E-state index in [4.69, 9.17) is 14.2 Å². The molecule has 3 N–H and O–H groups in total. The van der Waals surface area contributed by atoms with Gasteiger partial charge in [-0.05, 0) is 76.9 Å². The third-order valence-electron chi connectivity index (χ3n) is 10.8. The van der Waals surface area contributed by atoms with Gasteiger partial charge in [-0.2, -0.15) is 0 Å². The van der Waals surface area contributed by atoms with E-state index in [1.54, 1.807) is 22.2 Å². The summed E-state index contributed by atoms with van der Waals surface area (Å²) < 4.78 is 42.5. The number of aliphatic hydroxyl groups excluding tert-OH is 3. The third-order valence-corrected chi connectivity index (χ3v) is 10.8. The molecule has 0 aliphatic carbocycles. The van der Waals surface area contributed by atoms with Crippen LogP contribution in [0.1, 0.15) is 71.2 Å². The van der Waals surface area contributed by atoms with Crippen molar-refractivity contribution >= 4 is 30.1 Å². The van der Waals surface area contributed by atoms with Crippen molar-refractivity contribution in [1.29, 1.82) is 0 Å². The molecule has 6 rings (SSSR count). The van der Waals surface area contributed by atoms with Crippen LogP contribution in [0.3, 0.4) is 0 Å². The maximum atomic E-state index is 13.4. The summed E-state index contributed by atoms with van der Waals surface area (Å²) in [7, 11) is 1.22. The number of amides is 2. The van der Waals surface area contributed by atoms with Crippen LogP contribution < -0.4 is 9.80 Å². The van der Waals surface area contributed by atoms with Gasteiger partial charge in [-0.25, -0.2) is 38.3 Å². The summed E-state index contributed by atoms with van der Waals surface area (Å²) in [6, 6.07) is 10.9. The first-order chi connectivity index (χ1) is 30.3. The summed E-state index contributed by atoms with van der Waals surface area (Å²) >= 11 is 0. The standard InChI is InChI=1S/C23H29FN4O5.C22H29FN4O4.CH4/c1-22(2,3)33-21(31)28-11-9-27(10-12-28)20-25-13-17(14-26-20)23(15-29,19(30)32-4)16-5-7-18(24)8-6-16;1-21(2,3)31-20(30)27-10-8-26(9-11-27)19-24-12-17(13-25-19)22(14-28,15-29)16-4-6-18(23)7-5-16;/h5-8,13-14,29H,9-12,15H2,1-4H3;4-7,12-13,28-29H,8-11,14-15H2,1-3H3;1H4. The molecule has 0 radical (unpaired) electrons. The lowest BCUT2D eigenvalue weighted by molar-refractivity contribution is -0.147. The van der Waals surface area contributed by atoms with Crippen LogP contribution in [0.5, 0.6) is 0 Å². The van der Waals surface area contributed by atoms with Gasteiger partial charge in [-0.3, -0.25) is 4.79 Å². The Morgan fingerprint density at radius 2 is 0.908 bits per heavy atom. The maximum Gasteiger partial charge on any atom is 0.410 e. The Morgan fingerprint density at radius 1 is 0.554 bits per heavy atom. The molecule has 1 unspecified atom stereocenters. The maximum absolute atomic E-state index is 13.4. The molecule has 0 saturated carbocycles. The van der Waals surface area contributed by atoms with Gasteiger partial charge in [0.1, 0.15) is 28.3 Å². The Bertz CT molecular complexity index is 2150. The minimum absolute atomic E-state index is 0. The number of hydrogen-bond acceptors (Lipinski definition) is 15. The second-order valence-electron chi connectivity index (χ2n) is 17.4. The minimum Gasteiger partial charge on any atom is -0.468 e. The highest BCUT2D eigenvalue weighted by Gasteiger charge is 2.44. The number of hydrogen-bond donors (Lipinski definition) is 3. The van der Waals surface area contributed by atoms with Gasteiger partial charge in [0.25, 0.3) is 0 Å². The predicted molar refractivity (Wildman–Crippen MR) is 238 cm³/mol. The number of piperazine rings is 2. The highest BCUT2D eigenvalue weighted by atomic mass is 19.1. The van der Waals surface area contributed by atoms with Crippen molar-refractivity contribution < 1.29 is 52.7 Å². The van der Waals surface area contributed by atoms with Crippen LogP contribution in [0.25, 0.3) is 0 Å². The smallest absolute Gasteiger partial charge is 0.410 e. The van der Waals surface area contributed by atoms with Crippen molar-refractivity contribution in [3.8, 4) is 0 Å². The van der Waals surface area contributed by atoms with Crippen LogP contribution in [-0.2, 0) is 29.8 Å². The fourth-order valence-corrected chi connectivity index (χ4v) is 7.18. The lowest BCUT2D eigenvalue weighted by Crippen LogP contribution is -2.50. The molecule has 2 fully saturated rings. The number of esters is 1. The molecule has 0 bridgehead atoms. The normalized spacial score (nSPS) is 15.4. The molecule has 4 aromatic rings. The average molecular weight is 909 g/mol. The lowest BCUT2D eigenvalue weighted by atomic mass is 9.76. The van der Waals surface area contributed by atoms with E-state index in [-0.39, 0.29) is 32.8 Å². The zero-order chi connectivity index (χ0) is 46.9. The highest BCUT2D eigenvalue weighted by Crippen LogP contribution is 2.34. The molecule has 2 aliphatic rings. The van der Waals surface area contributed by atoms with Gasteiger partial charge in [0.2, 0.25) is 11.9 Å². The molecule has 2 saturated heterocycles. The van der Waals surface area contributed by atoms with Crippen molar-refractivity contribution in [3.63, 3.8) is 0 Å². The van der Waals surface area contributed by atoms with Crippen molar-refractivity contribution in [2.45, 2.75) is 71.0 Å². The summed E-state index contributed by atoms with van der Waals surface area (Å²) in [5.74, 6) is -0.646. The Morgan fingerprint density at radius 3 is 1.23 bits per heavy atom. The van der Waals surface area contributed by atoms with Crippen LogP contribution in [0, 0.1) is 11.6 Å².